The molecule has 0 atom stereocenters. The van der Waals surface area contributed by atoms with Crippen LogP contribution in [0.25, 0.3) is 0 Å². The first-order valence-electron chi connectivity index (χ1n) is 5.18. The quantitative estimate of drug-likeness (QED) is 0.703. The van der Waals surface area contributed by atoms with Crippen molar-refractivity contribution in [3.63, 3.8) is 0 Å². The van der Waals surface area contributed by atoms with Crippen LogP contribution in [0.1, 0.15) is 50.0 Å². The van der Waals surface area contributed by atoms with Crippen LogP contribution in [0.15, 0.2) is 4.42 Å². The van der Waals surface area contributed by atoms with Crippen molar-refractivity contribution < 1.29 is 4.42 Å². The number of rotatable bonds is 2. The average Bonchev–Trinajstić information content (AvgIpc) is 2.73. The zero-order valence-corrected chi connectivity index (χ0v) is 9.52. The molecule has 3 heteroatoms. The molecule has 1 aliphatic carbocycles. The number of aryl methyl sites for hydroxylation is 1. The number of nitrogens with zero attached hydrogens (tertiary/aromatic N) is 1. The van der Waals surface area contributed by atoms with E-state index in [1.54, 1.807) is 0 Å². The van der Waals surface area contributed by atoms with Crippen molar-refractivity contribution in [2.45, 2.75) is 50.8 Å². The Morgan fingerprint density at radius 1 is 1.43 bits per heavy atom. The highest BCUT2D eigenvalue weighted by molar-refractivity contribution is 6.16. The second-order valence-corrected chi connectivity index (χ2v) is 4.70. The summed E-state index contributed by atoms with van der Waals surface area (Å²) in [5.41, 5.74) is 1.11. The van der Waals surface area contributed by atoms with Crippen LogP contribution in [-0.2, 0) is 11.3 Å². The van der Waals surface area contributed by atoms with Gasteiger partial charge in [-0.05, 0) is 19.8 Å². The van der Waals surface area contributed by atoms with E-state index in [1.807, 2.05) is 6.92 Å². The Morgan fingerprint density at radius 2 is 2.07 bits per heavy atom. The van der Waals surface area contributed by atoms with Gasteiger partial charge in [0.25, 0.3) is 0 Å². The molecule has 1 heterocycles. The highest BCUT2D eigenvalue weighted by Gasteiger charge is 2.35. The minimum Gasteiger partial charge on any atom is -0.444 e. The predicted octanol–water partition coefficient (Wildman–Crippen LogP) is 3.55. The van der Waals surface area contributed by atoms with Gasteiger partial charge in [-0.25, -0.2) is 4.98 Å². The molecular weight excluding hydrogens is 198 g/mol. The van der Waals surface area contributed by atoms with E-state index in [-0.39, 0.29) is 5.41 Å². The summed E-state index contributed by atoms with van der Waals surface area (Å²) < 4.78 is 5.71. The first-order valence-corrected chi connectivity index (χ1v) is 5.72. The molecule has 0 N–H and O–H groups in total. The van der Waals surface area contributed by atoms with Gasteiger partial charge in [-0.3, -0.25) is 0 Å². The largest absolute Gasteiger partial charge is 0.444 e. The summed E-state index contributed by atoms with van der Waals surface area (Å²) in [5, 5.41) is 0. The maximum atomic E-state index is 5.76. The average molecular weight is 214 g/mol. The van der Waals surface area contributed by atoms with Gasteiger partial charge in [0.2, 0.25) is 5.89 Å². The van der Waals surface area contributed by atoms with Crippen molar-refractivity contribution in [3.05, 3.63) is 17.3 Å². The topological polar surface area (TPSA) is 26.0 Å². The van der Waals surface area contributed by atoms with Crippen molar-refractivity contribution >= 4 is 11.6 Å². The van der Waals surface area contributed by atoms with Gasteiger partial charge in [-0.2, -0.15) is 0 Å². The van der Waals surface area contributed by atoms with Gasteiger partial charge >= 0.3 is 0 Å². The molecule has 0 aromatic carbocycles. The molecule has 0 radical (unpaired) electrons. The van der Waals surface area contributed by atoms with Crippen LogP contribution in [0.5, 0.6) is 0 Å². The van der Waals surface area contributed by atoms with Crippen LogP contribution in [0, 0.1) is 6.92 Å². The van der Waals surface area contributed by atoms with E-state index in [0.717, 1.165) is 17.3 Å². The third kappa shape index (κ3) is 1.56. The van der Waals surface area contributed by atoms with E-state index in [9.17, 15) is 0 Å². The van der Waals surface area contributed by atoms with Gasteiger partial charge in [0.1, 0.15) is 5.76 Å². The lowest BCUT2D eigenvalue weighted by Crippen LogP contribution is -2.17. The zero-order chi connectivity index (χ0) is 10.2. The van der Waals surface area contributed by atoms with E-state index in [2.05, 4.69) is 11.9 Å². The summed E-state index contributed by atoms with van der Waals surface area (Å²) in [6.07, 6.45) is 4.95. The summed E-state index contributed by atoms with van der Waals surface area (Å²) in [6, 6.07) is 0. The molecule has 0 unspecified atom stereocenters. The molecule has 0 aliphatic heterocycles. The normalized spacial score (nSPS) is 20.2. The SMILES string of the molecule is Cc1nc(C2(C)CCCC2)oc1CCl. The molecular formula is C11H16ClNO. The lowest BCUT2D eigenvalue weighted by atomic mass is 9.89. The predicted molar refractivity (Wildman–Crippen MR) is 56.6 cm³/mol. The third-order valence-electron chi connectivity index (χ3n) is 3.24. The van der Waals surface area contributed by atoms with E-state index >= 15 is 0 Å². The van der Waals surface area contributed by atoms with Gasteiger partial charge in [-0.1, -0.05) is 19.8 Å². The molecule has 78 valence electrons. The van der Waals surface area contributed by atoms with Gasteiger partial charge in [0.05, 0.1) is 11.6 Å². The van der Waals surface area contributed by atoms with Crippen LogP contribution in [0.4, 0.5) is 0 Å². The maximum absolute atomic E-state index is 5.76. The summed E-state index contributed by atoms with van der Waals surface area (Å²) in [7, 11) is 0. The fourth-order valence-electron chi connectivity index (χ4n) is 2.18. The minimum atomic E-state index is 0.162. The lowest BCUT2D eigenvalue weighted by Gasteiger charge is -2.18. The number of alkyl halides is 1. The Bertz CT molecular complexity index is 326. The van der Waals surface area contributed by atoms with Crippen LogP contribution >= 0.6 is 11.6 Å². The van der Waals surface area contributed by atoms with E-state index in [0.29, 0.717) is 5.88 Å². The number of halogens is 1. The molecule has 14 heavy (non-hydrogen) atoms. The minimum absolute atomic E-state index is 0.162. The zero-order valence-electron chi connectivity index (χ0n) is 8.77. The van der Waals surface area contributed by atoms with Crippen molar-refractivity contribution in [3.8, 4) is 0 Å². The standard InChI is InChI=1S/C11H16ClNO/c1-8-9(7-12)14-10(13-8)11(2)5-3-4-6-11/h3-7H2,1-2H3. The van der Waals surface area contributed by atoms with Crippen molar-refractivity contribution in [1.82, 2.24) is 4.98 Å². The number of oxazole rings is 1. The fourth-order valence-corrected chi connectivity index (χ4v) is 2.43. The fraction of sp³-hybridized carbons (Fsp3) is 0.727. The highest BCUT2D eigenvalue weighted by Crippen LogP contribution is 2.40. The lowest BCUT2D eigenvalue weighted by molar-refractivity contribution is 0.341. The summed E-state index contributed by atoms with van der Waals surface area (Å²) in [5.74, 6) is 2.15. The maximum Gasteiger partial charge on any atom is 0.200 e. The van der Waals surface area contributed by atoms with Crippen LogP contribution in [0.3, 0.4) is 0 Å². The molecule has 0 amide bonds. The summed E-state index contributed by atoms with van der Waals surface area (Å²) in [4.78, 5) is 4.48. The summed E-state index contributed by atoms with van der Waals surface area (Å²) in [6.45, 7) is 4.20. The van der Waals surface area contributed by atoms with Crippen LogP contribution in [0.2, 0.25) is 0 Å². The Labute approximate surface area is 89.7 Å². The molecule has 1 saturated carbocycles. The summed E-state index contributed by atoms with van der Waals surface area (Å²) >= 11 is 5.76. The van der Waals surface area contributed by atoms with Gasteiger partial charge < -0.3 is 4.42 Å². The van der Waals surface area contributed by atoms with Gasteiger partial charge in [-0.15, -0.1) is 11.6 Å². The Hall–Kier alpha value is -0.500. The van der Waals surface area contributed by atoms with E-state index in [1.165, 1.54) is 25.7 Å². The first-order chi connectivity index (χ1) is 6.65. The van der Waals surface area contributed by atoms with Crippen LogP contribution < -0.4 is 0 Å². The molecule has 0 saturated heterocycles. The van der Waals surface area contributed by atoms with E-state index < -0.39 is 0 Å². The Kier molecular flexibility index (Phi) is 2.56. The third-order valence-corrected chi connectivity index (χ3v) is 3.48. The Balaban J connectivity index is 2.31. The second-order valence-electron chi connectivity index (χ2n) is 4.43. The molecule has 1 aromatic heterocycles. The van der Waals surface area contributed by atoms with Crippen LogP contribution in [-0.4, -0.2) is 4.98 Å². The first kappa shape index (κ1) is 10.0. The number of hydrogen-bond donors (Lipinski definition) is 0. The molecule has 0 bridgehead atoms. The van der Waals surface area contributed by atoms with Gasteiger partial charge in [0.15, 0.2) is 0 Å². The molecule has 1 aliphatic rings. The van der Waals surface area contributed by atoms with Crippen molar-refractivity contribution in [1.29, 1.82) is 0 Å². The Morgan fingerprint density at radius 3 is 2.57 bits per heavy atom. The molecule has 2 nitrogen and oxygen atoms in total. The molecule has 1 fully saturated rings. The number of aromatic nitrogens is 1. The highest BCUT2D eigenvalue weighted by atomic mass is 35.5. The van der Waals surface area contributed by atoms with Crippen molar-refractivity contribution in [2.75, 3.05) is 0 Å². The molecule has 1 aromatic rings. The second kappa shape index (κ2) is 3.58. The smallest absolute Gasteiger partial charge is 0.200 e. The molecule has 0 spiro atoms. The van der Waals surface area contributed by atoms with Gasteiger partial charge in [0, 0.05) is 5.41 Å². The molecule has 2 rings (SSSR count). The van der Waals surface area contributed by atoms with Crippen molar-refractivity contribution in [2.24, 2.45) is 0 Å². The number of hydrogen-bond acceptors (Lipinski definition) is 2. The van der Waals surface area contributed by atoms with E-state index in [4.69, 9.17) is 16.0 Å². The monoisotopic (exact) mass is 213 g/mol.